The molecule has 0 atom stereocenters. The Morgan fingerprint density at radius 3 is 2.25 bits per heavy atom. The molecule has 0 aliphatic carbocycles. The summed E-state index contributed by atoms with van der Waals surface area (Å²) < 4.78 is 0. The molecule has 0 spiro atoms. The number of carbonyl (C=O) groups excluding carboxylic acids is 1. The zero-order chi connectivity index (χ0) is 17.9. The van der Waals surface area contributed by atoms with E-state index in [0.717, 1.165) is 22.9 Å². The molecule has 0 aromatic heterocycles. The highest BCUT2D eigenvalue weighted by Gasteiger charge is 2.04. The highest BCUT2D eigenvalue weighted by molar-refractivity contribution is 8.26. The quantitative estimate of drug-likeness (QED) is 0.450. The molecule has 2 aromatic rings. The van der Waals surface area contributed by atoms with Crippen molar-refractivity contribution in [3.05, 3.63) is 71.3 Å². The average molecular weight is 343 g/mol. The van der Waals surface area contributed by atoms with E-state index in [1.165, 1.54) is 0 Å². The second-order valence-electron chi connectivity index (χ2n) is 4.49. The molecule has 0 fully saturated rings. The van der Waals surface area contributed by atoms with Gasteiger partial charge in [-0.25, -0.2) is 4.79 Å². The van der Waals surface area contributed by atoms with Crippen LogP contribution in [0.3, 0.4) is 0 Å². The van der Waals surface area contributed by atoms with E-state index in [4.69, 9.17) is 16.2 Å². The summed E-state index contributed by atoms with van der Waals surface area (Å²) in [5, 5.41) is 16.5. The van der Waals surface area contributed by atoms with Gasteiger partial charge in [0.1, 0.15) is 5.04 Å². The maximum atomic E-state index is 10.4. The number of thioether (sulfide) groups is 1. The Kier molecular flexibility index (Phi) is 7.93. The lowest BCUT2D eigenvalue weighted by molar-refractivity contribution is -0.106. The van der Waals surface area contributed by atoms with Crippen LogP contribution in [0, 0.1) is 12.3 Å². The molecular formula is C17H17N3O3S. The van der Waals surface area contributed by atoms with Gasteiger partial charge in [-0.3, -0.25) is 10.2 Å². The lowest BCUT2D eigenvalue weighted by Crippen LogP contribution is -2.10. The zero-order valence-corrected chi connectivity index (χ0v) is 13.8. The van der Waals surface area contributed by atoms with Crippen molar-refractivity contribution in [2.45, 2.75) is 6.92 Å². The van der Waals surface area contributed by atoms with Crippen LogP contribution in [0.25, 0.3) is 0 Å². The number of rotatable bonds is 3. The van der Waals surface area contributed by atoms with Crippen molar-refractivity contribution >= 4 is 34.4 Å². The molecular weight excluding hydrogens is 326 g/mol. The van der Waals surface area contributed by atoms with Gasteiger partial charge in [-0.15, -0.1) is 0 Å². The Balaban J connectivity index is 0.000000254. The molecule has 6 nitrogen and oxygen atoms in total. The summed E-state index contributed by atoms with van der Waals surface area (Å²) in [7, 11) is 0. The molecule has 0 radical (unpaired) electrons. The summed E-state index contributed by atoms with van der Waals surface area (Å²) in [6.07, 6.45) is 0.362. The van der Waals surface area contributed by atoms with E-state index in [9.17, 15) is 9.59 Å². The highest BCUT2D eigenvalue weighted by Crippen LogP contribution is 2.11. The largest absolute Gasteiger partial charge is 0.478 e. The minimum Gasteiger partial charge on any atom is -0.478 e. The van der Waals surface area contributed by atoms with Crippen LogP contribution >= 0.6 is 11.8 Å². The highest BCUT2D eigenvalue weighted by atomic mass is 32.2. The molecule has 0 saturated heterocycles. The van der Waals surface area contributed by atoms with Crippen LogP contribution in [-0.2, 0) is 4.79 Å². The van der Waals surface area contributed by atoms with Crippen molar-refractivity contribution in [2.24, 2.45) is 10.7 Å². The zero-order valence-electron chi connectivity index (χ0n) is 13.0. The SMILES string of the molecule is Cc1ccccc1C(=O)O.N=C(SC(N)=NC=O)c1ccccc1. The first kappa shape index (κ1) is 19.1. The first-order valence-corrected chi connectivity index (χ1v) is 7.65. The maximum Gasteiger partial charge on any atom is 0.335 e. The van der Waals surface area contributed by atoms with Crippen molar-refractivity contribution in [3.63, 3.8) is 0 Å². The minimum atomic E-state index is -0.863. The number of amides is 1. The number of amidine groups is 1. The predicted octanol–water partition coefficient (Wildman–Crippen LogP) is 2.91. The van der Waals surface area contributed by atoms with E-state index < -0.39 is 5.97 Å². The normalized spacial score (nSPS) is 10.3. The van der Waals surface area contributed by atoms with Crippen molar-refractivity contribution in [1.29, 1.82) is 5.41 Å². The Morgan fingerprint density at radius 1 is 1.17 bits per heavy atom. The number of hydrogen-bond acceptors (Lipinski definition) is 4. The van der Waals surface area contributed by atoms with Crippen LogP contribution < -0.4 is 5.73 Å². The van der Waals surface area contributed by atoms with Gasteiger partial charge in [0.15, 0.2) is 5.17 Å². The van der Waals surface area contributed by atoms with Gasteiger partial charge in [-0.05, 0) is 30.3 Å². The van der Waals surface area contributed by atoms with Gasteiger partial charge in [0, 0.05) is 5.56 Å². The van der Waals surface area contributed by atoms with Crippen molar-refractivity contribution in [1.82, 2.24) is 0 Å². The van der Waals surface area contributed by atoms with Crippen molar-refractivity contribution in [2.75, 3.05) is 0 Å². The molecule has 0 heterocycles. The van der Waals surface area contributed by atoms with Gasteiger partial charge in [-0.2, -0.15) is 4.99 Å². The number of nitrogens with one attached hydrogen (secondary N) is 1. The van der Waals surface area contributed by atoms with Gasteiger partial charge < -0.3 is 10.8 Å². The molecule has 124 valence electrons. The van der Waals surface area contributed by atoms with Crippen molar-refractivity contribution < 1.29 is 14.7 Å². The molecule has 4 N–H and O–H groups in total. The van der Waals surface area contributed by atoms with Crippen LogP contribution in [0.4, 0.5) is 0 Å². The number of aromatic carboxylic acids is 1. The van der Waals surface area contributed by atoms with Crippen LogP contribution in [-0.4, -0.2) is 27.7 Å². The lowest BCUT2D eigenvalue weighted by Gasteiger charge is -2.01. The van der Waals surface area contributed by atoms with Gasteiger partial charge in [0.05, 0.1) is 5.56 Å². The maximum absolute atomic E-state index is 10.4. The summed E-state index contributed by atoms with van der Waals surface area (Å²) in [5.74, 6) is -0.863. The Morgan fingerprint density at radius 2 is 1.75 bits per heavy atom. The topological polar surface area (TPSA) is 117 Å². The van der Waals surface area contributed by atoms with E-state index in [0.29, 0.717) is 12.0 Å². The summed E-state index contributed by atoms with van der Waals surface area (Å²) >= 11 is 0.957. The number of hydrogen-bond donors (Lipinski definition) is 3. The first-order chi connectivity index (χ1) is 11.5. The Bertz CT molecular complexity index is 746. The standard InChI is InChI=1S/C9H9N3OS.C8H8O2/c10-8(14-9(11)12-6-13)7-4-2-1-3-5-7;1-6-4-2-3-5-7(6)8(9)10/h1-6,10H,(H2,11,12,13);2-5H,1H3,(H,9,10). The minimum absolute atomic E-state index is 0.0776. The number of carbonyl (C=O) groups is 2. The van der Waals surface area contributed by atoms with Crippen molar-refractivity contribution in [3.8, 4) is 0 Å². The number of benzene rings is 2. The summed E-state index contributed by atoms with van der Waals surface area (Å²) in [6, 6.07) is 16.0. The van der Waals surface area contributed by atoms with E-state index in [2.05, 4.69) is 4.99 Å². The van der Waals surface area contributed by atoms with Gasteiger partial charge in [0.25, 0.3) is 0 Å². The molecule has 24 heavy (non-hydrogen) atoms. The second kappa shape index (κ2) is 9.96. The van der Waals surface area contributed by atoms with E-state index in [-0.39, 0.29) is 10.2 Å². The smallest absolute Gasteiger partial charge is 0.335 e. The number of nitrogens with zero attached hydrogens (tertiary/aromatic N) is 1. The molecule has 0 unspecified atom stereocenters. The van der Waals surface area contributed by atoms with E-state index >= 15 is 0 Å². The third-order valence-electron chi connectivity index (χ3n) is 2.80. The molecule has 0 aliphatic heterocycles. The fourth-order valence-electron chi connectivity index (χ4n) is 1.64. The third kappa shape index (κ3) is 6.45. The number of aliphatic imine (C=N–C) groups is 1. The monoisotopic (exact) mass is 343 g/mol. The molecule has 2 rings (SSSR count). The fourth-order valence-corrected chi connectivity index (χ4v) is 2.20. The summed E-state index contributed by atoms with van der Waals surface area (Å²) in [5.41, 5.74) is 7.29. The van der Waals surface area contributed by atoms with Gasteiger partial charge >= 0.3 is 5.97 Å². The average Bonchev–Trinajstić information content (AvgIpc) is 2.56. The van der Waals surface area contributed by atoms with Gasteiger partial charge in [-0.1, -0.05) is 48.5 Å². The second-order valence-corrected chi connectivity index (χ2v) is 5.52. The molecule has 7 heteroatoms. The predicted molar refractivity (Wildman–Crippen MR) is 96.7 cm³/mol. The van der Waals surface area contributed by atoms with Gasteiger partial charge in [0.2, 0.25) is 6.41 Å². The number of carboxylic acids is 1. The number of aryl methyl sites for hydroxylation is 1. The Labute approximate surface area is 143 Å². The molecule has 0 saturated carbocycles. The first-order valence-electron chi connectivity index (χ1n) is 6.83. The molecule has 0 aliphatic rings. The fraction of sp³-hybridized carbons (Fsp3) is 0.0588. The third-order valence-corrected chi connectivity index (χ3v) is 3.55. The van der Waals surface area contributed by atoms with E-state index in [1.54, 1.807) is 37.3 Å². The van der Waals surface area contributed by atoms with Crippen LogP contribution in [0.2, 0.25) is 0 Å². The molecule has 2 aromatic carbocycles. The molecule has 0 bridgehead atoms. The van der Waals surface area contributed by atoms with Crippen LogP contribution in [0.1, 0.15) is 21.5 Å². The number of carboxylic acid groups (broad SMARTS) is 1. The van der Waals surface area contributed by atoms with Crippen LogP contribution in [0.5, 0.6) is 0 Å². The summed E-state index contributed by atoms with van der Waals surface area (Å²) in [4.78, 5) is 23.7. The van der Waals surface area contributed by atoms with Crippen LogP contribution in [0.15, 0.2) is 59.6 Å². The Hall–Kier alpha value is -2.93. The summed E-state index contributed by atoms with van der Waals surface area (Å²) in [6.45, 7) is 1.78. The lowest BCUT2D eigenvalue weighted by atomic mass is 10.1. The van der Waals surface area contributed by atoms with E-state index in [1.807, 2.05) is 24.3 Å². The molecule has 1 amide bonds. The number of nitrogens with two attached hydrogens (primary N) is 1.